The van der Waals surface area contributed by atoms with Gasteiger partial charge in [0.25, 0.3) is 5.69 Å². The molecule has 0 saturated heterocycles. The fraction of sp³-hybridized carbons (Fsp3) is 0.143. The SMILES string of the molecule is N.N.N.N.N.N.N.N.N.N.N.Nc1c(CO)cc(Cl)cc1[N+](=O)[O-]. The third kappa shape index (κ3) is 18.3. The minimum Gasteiger partial charge on any atom is -0.393 e. The number of aliphatic hydroxyl groups is 1. The summed E-state index contributed by atoms with van der Waals surface area (Å²) >= 11 is 5.57. The molecule has 158 valence electrons. The Balaban J connectivity index is -0.0000000171. The molecule has 0 aliphatic carbocycles. The van der Waals surface area contributed by atoms with Crippen molar-refractivity contribution < 1.29 is 10.0 Å². The highest BCUT2D eigenvalue weighted by molar-refractivity contribution is 6.31. The average molecular weight is 390 g/mol. The van der Waals surface area contributed by atoms with E-state index >= 15 is 0 Å². The lowest BCUT2D eigenvalue weighted by atomic mass is 10.1. The van der Waals surface area contributed by atoms with Crippen LogP contribution in [0, 0.1) is 10.1 Å². The molecular weight excluding hydrogens is 350 g/mol. The van der Waals surface area contributed by atoms with Crippen LogP contribution in [0.2, 0.25) is 5.02 Å². The number of rotatable bonds is 2. The van der Waals surface area contributed by atoms with Gasteiger partial charge in [0.1, 0.15) is 5.69 Å². The van der Waals surface area contributed by atoms with Gasteiger partial charge in [-0.25, -0.2) is 0 Å². The molecule has 0 aromatic heterocycles. The van der Waals surface area contributed by atoms with Crippen LogP contribution in [0.25, 0.3) is 0 Å². The van der Waals surface area contributed by atoms with E-state index in [-0.39, 0.29) is 96.2 Å². The molecule has 24 heavy (non-hydrogen) atoms. The number of nitrogens with zero attached hydrogens (tertiary/aromatic N) is 1. The van der Waals surface area contributed by atoms with Gasteiger partial charge >= 0.3 is 0 Å². The van der Waals surface area contributed by atoms with Crippen LogP contribution in [0.5, 0.6) is 0 Å². The van der Waals surface area contributed by atoms with Crippen LogP contribution < -0.4 is 73.4 Å². The molecule has 16 nitrogen and oxygen atoms in total. The Kier molecular flexibility index (Phi) is 109. The maximum absolute atomic E-state index is 10.4. The van der Waals surface area contributed by atoms with Gasteiger partial charge in [0, 0.05) is 16.7 Å². The molecule has 0 radical (unpaired) electrons. The number of anilines is 1. The quantitative estimate of drug-likeness (QED) is 0.196. The molecule has 0 spiro atoms. The normalized spacial score (nSPS) is 5.42. The van der Waals surface area contributed by atoms with Crippen molar-refractivity contribution in [2.24, 2.45) is 0 Å². The molecule has 0 aliphatic heterocycles. The molecule has 0 saturated carbocycles. The maximum Gasteiger partial charge on any atom is 0.293 e. The van der Waals surface area contributed by atoms with E-state index in [1.807, 2.05) is 0 Å². The van der Waals surface area contributed by atoms with Crippen LogP contribution in [-0.4, -0.2) is 10.0 Å². The van der Waals surface area contributed by atoms with Crippen molar-refractivity contribution >= 4 is 23.0 Å². The molecule has 0 heterocycles. The van der Waals surface area contributed by atoms with Crippen molar-refractivity contribution in [3.05, 3.63) is 32.8 Å². The Morgan fingerprint density at radius 2 is 1.25 bits per heavy atom. The van der Waals surface area contributed by atoms with Crippen LogP contribution in [0.15, 0.2) is 12.1 Å². The van der Waals surface area contributed by atoms with Crippen LogP contribution in [-0.2, 0) is 6.61 Å². The van der Waals surface area contributed by atoms with Gasteiger partial charge in [-0.15, -0.1) is 0 Å². The zero-order chi connectivity index (χ0) is 10.0. The number of nitrogens with two attached hydrogens (primary N) is 1. The summed E-state index contributed by atoms with van der Waals surface area (Å²) < 4.78 is 0. The van der Waals surface area contributed by atoms with Gasteiger partial charge in [0.2, 0.25) is 0 Å². The molecule has 0 unspecified atom stereocenters. The van der Waals surface area contributed by atoms with Crippen LogP contribution in [0.4, 0.5) is 11.4 Å². The minimum atomic E-state index is -0.639. The lowest BCUT2D eigenvalue weighted by Gasteiger charge is -2.03. The first-order valence-corrected chi connectivity index (χ1v) is 3.77. The van der Waals surface area contributed by atoms with Crippen molar-refractivity contribution in [1.29, 1.82) is 0 Å². The van der Waals surface area contributed by atoms with Crippen molar-refractivity contribution in [3.8, 4) is 0 Å². The highest BCUT2D eigenvalue weighted by Gasteiger charge is 2.15. The highest BCUT2D eigenvalue weighted by atomic mass is 35.5. The summed E-state index contributed by atoms with van der Waals surface area (Å²) in [6, 6.07) is 2.54. The summed E-state index contributed by atoms with van der Waals surface area (Å²) in [7, 11) is 0. The Morgan fingerprint density at radius 1 is 0.917 bits per heavy atom. The predicted octanol–water partition coefficient (Wildman–Crippen LogP) is 3.10. The number of benzene rings is 1. The second-order valence-electron chi connectivity index (χ2n) is 2.41. The number of hydrogen-bond acceptors (Lipinski definition) is 15. The maximum atomic E-state index is 10.4. The van der Waals surface area contributed by atoms with Gasteiger partial charge in [-0.3, -0.25) is 10.1 Å². The zero-order valence-corrected chi connectivity index (χ0v) is 15.1. The van der Waals surface area contributed by atoms with E-state index in [9.17, 15) is 10.1 Å². The lowest BCUT2D eigenvalue weighted by Crippen LogP contribution is -2.00. The van der Waals surface area contributed by atoms with Crippen molar-refractivity contribution in [1.82, 2.24) is 67.7 Å². The van der Waals surface area contributed by atoms with Gasteiger partial charge in [0.05, 0.1) is 11.5 Å². The molecule has 0 amide bonds. The fourth-order valence-electron chi connectivity index (χ4n) is 0.941. The molecule has 17 heteroatoms. The number of nitro benzene ring substituents is 1. The van der Waals surface area contributed by atoms with E-state index in [2.05, 4.69) is 0 Å². The smallest absolute Gasteiger partial charge is 0.293 e. The third-order valence-corrected chi connectivity index (χ3v) is 1.79. The molecule has 0 bridgehead atoms. The molecule has 0 atom stereocenters. The first kappa shape index (κ1) is 79.4. The number of nitro groups is 1. The van der Waals surface area contributed by atoms with Crippen molar-refractivity contribution in [3.63, 3.8) is 0 Å². The van der Waals surface area contributed by atoms with Crippen molar-refractivity contribution in [2.75, 3.05) is 5.73 Å². The third-order valence-electron chi connectivity index (χ3n) is 1.58. The summed E-state index contributed by atoms with van der Waals surface area (Å²) in [5.74, 6) is 0. The largest absolute Gasteiger partial charge is 0.393 e. The summed E-state index contributed by atoms with van der Waals surface area (Å²) in [6.45, 7) is -0.368. The minimum absolute atomic E-state index is 0. The van der Waals surface area contributed by atoms with E-state index in [1.54, 1.807) is 0 Å². The summed E-state index contributed by atoms with van der Waals surface area (Å²) in [4.78, 5) is 9.79. The van der Waals surface area contributed by atoms with E-state index < -0.39 is 4.92 Å². The topological polar surface area (TPSA) is 474 Å². The number of aliphatic hydroxyl groups excluding tert-OH is 1. The van der Waals surface area contributed by atoms with Crippen LogP contribution in [0.3, 0.4) is 0 Å². The van der Waals surface area contributed by atoms with Gasteiger partial charge in [0.15, 0.2) is 0 Å². The molecular formula is C7H40ClN13O3. The predicted molar refractivity (Wildman–Crippen MR) is 104 cm³/mol. The first-order valence-electron chi connectivity index (χ1n) is 3.39. The standard InChI is InChI=1S/C7H7ClN2O3.11H3N/c8-5-1-4(3-11)7(9)6(2-5)10(12)13;;;;;;;;;;;/h1-2,11H,3,9H2;11*1H3. The summed E-state index contributed by atoms with van der Waals surface area (Å²) in [5.41, 5.74) is 5.34. The van der Waals surface area contributed by atoms with Gasteiger partial charge < -0.3 is 78.5 Å². The Labute approximate surface area is 146 Å². The summed E-state index contributed by atoms with van der Waals surface area (Å²) in [5, 5.41) is 19.4. The first-order chi connectivity index (χ1) is 6.06. The molecule has 1 aromatic rings. The second kappa shape index (κ2) is 33.0. The average Bonchev–Trinajstić information content (AvgIpc) is 2.08. The second-order valence-corrected chi connectivity index (χ2v) is 2.85. The Hall–Kier alpha value is -1.77. The van der Waals surface area contributed by atoms with E-state index in [0.29, 0.717) is 0 Å². The molecule has 1 rings (SSSR count). The highest BCUT2D eigenvalue weighted by Crippen LogP contribution is 2.29. The number of halogens is 1. The fourth-order valence-corrected chi connectivity index (χ4v) is 1.18. The zero-order valence-electron chi connectivity index (χ0n) is 14.3. The lowest BCUT2D eigenvalue weighted by molar-refractivity contribution is -0.383. The van der Waals surface area contributed by atoms with Crippen molar-refractivity contribution in [2.45, 2.75) is 6.61 Å². The van der Waals surface area contributed by atoms with Gasteiger partial charge in [-0.2, -0.15) is 0 Å². The molecule has 36 N–H and O–H groups in total. The van der Waals surface area contributed by atoms with Crippen LogP contribution in [0.1, 0.15) is 5.56 Å². The van der Waals surface area contributed by atoms with E-state index in [0.717, 1.165) is 6.07 Å². The molecule has 0 aliphatic rings. The van der Waals surface area contributed by atoms with Gasteiger partial charge in [-0.1, -0.05) is 11.6 Å². The summed E-state index contributed by atoms with van der Waals surface area (Å²) in [6.07, 6.45) is 0. The molecule has 0 fully saturated rings. The Bertz CT molecular complexity index is 370. The van der Waals surface area contributed by atoms with Gasteiger partial charge in [-0.05, 0) is 6.07 Å². The van der Waals surface area contributed by atoms with Crippen LogP contribution >= 0.6 is 11.6 Å². The van der Waals surface area contributed by atoms with E-state index in [1.165, 1.54) is 6.07 Å². The van der Waals surface area contributed by atoms with E-state index in [4.69, 9.17) is 22.4 Å². The number of hydrogen-bond donors (Lipinski definition) is 13. The monoisotopic (exact) mass is 389 g/mol. The number of nitrogen functional groups attached to an aromatic ring is 1. The molecule has 1 aromatic carbocycles. The Morgan fingerprint density at radius 3 is 1.50 bits per heavy atom.